The van der Waals surface area contributed by atoms with Crippen LogP contribution in [0.5, 0.6) is 0 Å². The summed E-state index contributed by atoms with van der Waals surface area (Å²) in [6.45, 7) is 5.15. The highest BCUT2D eigenvalue weighted by Gasteiger charge is 2.46. The zero-order valence-corrected chi connectivity index (χ0v) is 21.8. The molecule has 1 aromatic carbocycles. The zero-order valence-electron chi connectivity index (χ0n) is 21.8. The van der Waals surface area contributed by atoms with Gasteiger partial charge in [-0.05, 0) is 56.1 Å². The first-order valence-electron chi connectivity index (χ1n) is 14.3. The number of nitrogens with zero attached hydrogens (tertiary/aromatic N) is 5. The number of carbonyl (C=O) groups is 1. The number of aromatic nitrogens is 2. The fourth-order valence-electron chi connectivity index (χ4n) is 8.03. The quantitative estimate of drug-likeness (QED) is 0.661. The fraction of sp³-hybridized carbons (Fsp3) is 0.586. The number of morpholine rings is 1. The van der Waals surface area contributed by atoms with Crippen LogP contribution in [0.2, 0.25) is 0 Å². The van der Waals surface area contributed by atoms with Gasteiger partial charge in [0.1, 0.15) is 0 Å². The molecule has 2 saturated carbocycles. The Labute approximate surface area is 222 Å². The van der Waals surface area contributed by atoms with E-state index in [0.717, 1.165) is 35.2 Å². The summed E-state index contributed by atoms with van der Waals surface area (Å²) in [6.07, 6.45) is 12.7. The van der Waals surface area contributed by atoms with Gasteiger partial charge in [-0.25, -0.2) is 9.78 Å². The number of urea groups is 1. The minimum Gasteiger partial charge on any atom is -0.378 e. The van der Waals surface area contributed by atoms with Crippen LogP contribution in [-0.4, -0.2) is 58.0 Å². The third kappa shape index (κ3) is 4.16. The number of hydrogen-bond donors (Lipinski definition) is 1. The lowest BCUT2D eigenvalue weighted by Gasteiger charge is -2.54. The van der Waals surface area contributed by atoms with E-state index < -0.39 is 6.03 Å². The van der Waals surface area contributed by atoms with Crippen molar-refractivity contribution in [3.8, 4) is 0 Å². The first-order chi connectivity index (χ1) is 18.5. The fourth-order valence-corrected chi connectivity index (χ4v) is 8.03. The molecule has 9 heteroatoms. The van der Waals surface area contributed by atoms with E-state index in [-0.39, 0.29) is 17.4 Å². The molecule has 4 heterocycles. The number of amides is 2. The Morgan fingerprint density at radius 2 is 1.61 bits per heavy atom. The Morgan fingerprint density at radius 3 is 2.32 bits per heavy atom. The van der Waals surface area contributed by atoms with Crippen molar-refractivity contribution in [2.75, 3.05) is 18.2 Å². The predicted octanol–water partition coefficient (Wildman–Crippen LogP) is 4.19. The number of rotatable bonds is 3. The van der Waals surface area contributed by atoms with Crippen LogP contribution in [-0.2, 0) is 4.74 Å². The van der Waals surface area contributed by atoms with Crippen molar-refractivity contribution in [2.24, 2.45) is 16.9 Å². The first-order valence-corrected chi connectivity index (χ1v) is 14.3. The molecule has 9 nitrogen and oxygen atoms in total. The van der Waals surface area contributed by atoms with Crippen LogP contribution in [0.4, 0.5) is 10.6 Å². The van der Waals surface area contributed by atoms with E-state index in [2.05, 4.69) is 26.9 Å². The van der Waals surface area contributed by atoms with Crippen molar-refractivity contribution >= 4 is 29.1 Å². The van der Waals surface area contributed by atoms with Gasteiger partial charge in [0.05, 0.1) is 36.2 Å². The number of para-hydroxylation sites is 2. The maximum Gasteiger partial charge on any atom is 0.348 e. The standard InChI is InChI=1S/C29H36N6O3/c1-18-15-30-35(29(37)31-18)27-28(36)34(26-9-5-4-8-25(26)32-27)22-13-23-16-38-17-24(14-22)33(23)21-11-19-6-2-3-7-20(10-19)12-21/h4-5,8-9,15,19-24H,1-3,6-7,10-14,16-17H2,(H,31,37)/t19-,20+,21-,22-,23-,24+. The van der Waals surface area contributed by atoms with Crippen molar-refractivity contribution in [1.29, 1.82) is 0 Å². The maximum atomic E-state index is 14.0. The summed E-state index contributed by atoms with van der Waals surface area (Å²) in [4.78, 5) is 34.1. The molecule has 4 fully saturated rings. The Kier molecular flexibility index (Phi) is 6.08. The molecule has 2 aromatic rings. The summed E-state index contributed by atoms with van der Waals surface area (Å²) < 4.78 is 7.97. The van der Waals surface area contributed by atoms with Gasteiger partial charge >= 0.3 is 6.03 Å². The number of allylic oxidation sites excluding steroid dienone is 1. The molecule has 5 aliphatic rings. The number of hydrazone groups is 1. The van der Waals surface area contributed by atoms with E-state index in [4.69, 9.17) is 4.74 Å². The van der Waals surface area contributed by atoms with E-state index in [0.29, 0.717) is 42.6 Å². The third-order valence-electron chi connectivity index (χ3n) is 9.46. The van der Waals surface area contributed by atoms with Gasteiger partial charge in [-0.15, -0.1) is 0 Å². The van der Waals surface area contributed by atoms with Crippen LogP contribution in [0.1, 0.15) is 63.8 Å². The Balaban J connectivity index is 1.24. The number of fused-ring (bicyclic) bond motifs is 5. The molecular weight excluding hydrogens is 480 g/mol. The molecule has 1 aromatic heterocycles. The molecule has 6 atom stereocenters. The second-order valence-electron chi connectivity index (χ2n) is 11.9. The SMILES string of the molecule is C=C1C=NN(c2nc3ccccc3n([C@H]3C[C@H]4COC[C@@H](C3)N4[C@@H]3C[C@@H]4CCCC[C@@H](C4)C3)c2=O)C(=O)N1. The number of benzene rings is 1. The highest BCUT2D eigenvalue weighted by molar-refractivity contribution is 6.00. The minimum absolute atomic E-state index is 0.00182. The molecule has 0 unspecified atom stereocenters. The highest BCUT2D eigenvalue weighted by atomic mass is 16.5. The minimum atomic E-state index is -0.525. The van der Waals surface area contributed by atoms with E-state index in [1.807, 2.05) is 28.8 Å². The third-order valence-corrected chi connectivity index (χ3v) is 9.46. The topological polar surface area (TPSA) is 92.1 Å². The van der Waals surface area contributed by atoms with Crippen molar-refractivity contribution in [3.05, 3.63) is 46.9 Å². The van der Waals surface area contributed by atoms with Gasteiger partial charge < -0.3 is 14.6 Å². The number of piperidine rings is 1. The Morgan fingerprint density at radius 1 is 0.895 bits per heavy atom. The molecule has 0 spiro atoms. The van der Waals surface area contributed by atoms with E-state index in [9.17, 15) is 9.59 Å². The van der Waals surface area contributed by atoms with Gasteiger partial charge in [-0.2, -0.15) is 10.1 Å². The van der Waals surface area contributed by atoms with Gasteiger partial charge in [0.15, 0.2) is 0 Å². The summed E-state index contributed by atoms with van der Waals surface area (Å²) in [6, 6.07) is 8.38. The molecular formula is C29H36N6O3. The lowest BCUT2D eigenvalue weighted by molar-refractivity contribution is -0.116. The van der Waals surface area contributed by atoms with E-state index in [1.165, 1.54) is 51.2 Å². The second kappa shape index (κ2) is 9.61. The van der Waals surface area contributed by atoms with Crippen molar-refractivity contribution in [2.45, 2.75) is 82.0 Å². The lowest BCUT2D eigenvalue weighted by atomic mass is 9.75. The molecule has 3 aliphatic heterocycles. The molecule has 2 amide bonds. The van der Waals surface area contributed by atoms with Gasteiger partial charge in [-0.3, -0.25) is 9.69 Å². The van der Waals surface area contributed by atoms with Crippen LogP contribution in [0.15, 0.2) is 46.4 Å². The van der Waals surface area contributed by atoms with E-state index in [1.54, 1.807) is 0 Å². The molecule has 1 N–H and O–H groups in total. The van der Waals surface area contributed by atoms with Crippen molar-refractivity contribution in [3.63, 3.8) is 0 Å². The Bertz CT molecular complexity index is 1330. The smallest absolute Gasteiger partial charge is 0.348 e. The number of carbonyl (C=O) groups excluding carboxylic acids is 1. The number of nitrogens with one attached hydrogen (secondary N) is 1. The Hall–Kier alpha value is -3.04. The lowest BCUT2D eigenvalue weighted by Crippen LogP contribution is -2.62. The molecule has 7 rings (SSSR count). The number of anilines is 1. The molecule has 2 saturated heterocycles. The average Bonchev–Trinajstić information content (AvgIpc) is 3.07. The van der Waals surface area contributed by atoms with Gasteiger partial charge in [0, 0.05) is 24.2 Å². The summed E-state index contributed by atoms with van der Waals surface area (Å²) in [5, 5.41) is 7.86. The van der Waals surface area contributed by atoms with Crippen LogP contribution < -0.4 is 15.9 Å². The van der Waals surface area contributed by atoms with E-state index >= 15 is 0 Å². The van der Waals surface area contributed by atoms with Crippen molar-refractivity contribution in [1.82, 2.24) is 19.8 Å². The first kappa shape index (κ1) is 24.0. The van der Waals surface area contributed by atoms with Gasteiger partial charge in [0.2, 0.25) is 5.82 Å². The van der Waals surface area contributed by atoms with Gasteiger partial charge in [-0.1, -0.05) is 44.4 Å². The predicted molar refractivity (Wildman–Crippen MR) is 146 cm³/mol. The monoisotopic (exact) mass is 516 g/mol. The molecule has 2 aliphatic carbocycles. The van der Waals surface area contributed by atoms with Gasteiger partial charge in [0.25, 0.3) is 5.56 Å². The second-order valence-corrected chi connectivity index (χ2v) is 11.9. The summed E-state index contributed by atoms with van der Waals surface area (Å²) >= 11 is 0. The van der Waals surface area contributed by atoms with Crippen LogP contribution in [0.25, 0.3) is 11.0 Å². The summed E-state index contributed by atoms with van der Waals surface area (Å²) in [5.74, 6) is 1.75. The normalized spacial score (nSPS) is 33.7. The van der Waals surface area contributed by atoms with Crippen LogP contribution >= 0.6 is 0 Å². The van der Waals surface area contributed by atoms with Crippen LogP contribution in [0.3, 0.4) is 0 Å². The number of ether oxygens (including phenoxy) is 1. The number of hydrogen-bond acceptors (Lipinski definition) is 6. The summed E-state index contributed by atoms with van der Waals surface area (Å²) in [7, 11) is 0. The highest BCUT2D eigenvalue weighted by Crippen LogP contribution is 2.45. The molecule has 4 bridgehead atoms. The average molecular weight is 517 g/mol. The summed E-state index contributed by atoms with van der Waals surface area (Å²) in [5.41, 5.74) is 1.57. The van der Waals surface area contributed by atoms with Crippen LogP contribution in [0, 0.1) is 11.8 Å². The largest absolute Gasteiger partial charge is 0.378 e. The molecule has 38 heavy (non-hydrogen) atoms. The molecule has 200 valence electrons. The van der Waals surface area contributed by atoms with Crippen molar-refractivity contribution < 1.29 is 9.53 Å². The zero-order chi connectivity index (χ0) is 25.8. The maximum absolute atomic E-state index is 14.0. The molecule has 0 radical (unpaired) electrons.